The molecule has 0 aliphatic carbocycles. The summed E-state index contributed by atoms with van der Waals surface area (Å²) in [6.45, 7) is 5.94. The lowest BCUT2D eigenvalue weighted by Crippen LogP contribution is -2.10. The molecule has 2 rings (SSSR count). The van der Waals surface area contributed by atoms with Crippen LogP contribution < -0.4 is 4.18 Å². The third-order valence-corrected chi connectivity index (χ3v) is 4.36. The van der Waals surface area contributed by atoms with E-state index in [4.69, 9.17) is 4.18 Å². The van der Waals surface area contributed by atoms with Crippen LogP contribution in [0, 0.1) is 6.92 Å². The normalized spacial score (nSPS) is 11.6. The Hall–Kier alpha value is -1.81. The summed E-state index contributed by atoms with van der Waals surface area (Å²) in [6.07, 6.45) is 0. The Morgan fingerprint density at radius 2 is 1.65 bits per heavy atom. The van der Waals surface area contributed by atoms with Gasteiger partial charge < -0.3 is 4.18 Å². The molecule has 20 heavy (non-hydrogen) atoms. The Bertz CT molecular complexity index is 689. The van der Waals surface area contributed by atoms with Gasteiger partial charge in [0.1, 0.15) is 10.6 Å². The van der Waals surface area contributed by atoms with Gasteiger partial charge in [0.25, 0.3) is 0 Å². The van der Waals surface area contributed by atoms with E-state index in [-0.39, 0.29) is 4.90 Å². The second kappa shape index (κ2) is 5.67. The predicted molar refractivity (Wildman–Crippen MR) is 79.5 cm³/mol. The molecule has 0 saturated heterocycles. The largest absolute Gasteiger partial charge is 0.379 e. The highest BCUT2D eigenvalue weighted by Crippen LogP contribution is 2.27. The quantitative estimate of drug-likeness (QED) is 0.802. The van der Waals surface area contributed by atoms with Crippen molar-refractivity contribution in [2.24, 2.45) is 0 Å². The number of hydrogen-bond acceptors (Lipinski definition) is 3. The topological polar surface area (TPSA) is 43.4 Å². The molecule has 0 heterocycles. The first-order valence-electron chi connectivity index (χ1n) is 6.50. The average molecular weight is 290 g/mol. The van der Waals surface area contributed by atoms with Crippen molar-refractivity contribution in [1.29, 1.82) is 0 Å². The maximum atomic E-state index is 12.2. The number of hydrogen-bond donors (Lipinski definition) is 0. The van der Waals surface area contributed by atoms with Crippen molar-refractivity contribution in [3.05, 3.63) is 59.7 Å². The van der Waals surface area contributed by atoms with Gasteiger partial charge in [-0.05, 0) is 42.2 Å². The maximum absolute atomic E-state index is 12.2. The van der Waals surface area contributed by atoms with Crippen LogP contribution in [0.1, 0.15) is 30.9 Å². The molecule has 0 spiro atoms. The minimum atomic E-state index is -3.78. The molecule has 0 bridgehead atoms. The van der Waals surface area contributed by atoms with Crippen LogP contribution in [0.2, 0.25) is 0 Å². The smallest absolute Gasteiger partial charge is 0.339 e. The highest BCUT2D eigenvalue weighted by Gasteiger charge is 2.17. The fraction of sp³-hybridized carbons (Fsp3) is 0.250. The second-order valence-electron chi connectivity index (χ2n) is 5.03. The van der Waals surface area contributed by atoms with Crippen LogP contribution >= 0.6 is 0 Å². The van der Waals surface area contributed by atoms with E-state index in [1.807, 2.05) is 19.1 Å². The Morgan fingerprint density at radius 1 is 1.00 bits per heavy atom. The Balaban J connectivity index is 2.37. The molecule has 106 valence electrons. The summed E-state index contributed by atoms with van der Waals surface area (Å²) in [6, 6.07) is 13.8. The molecular formula is C16H18O3S. The molecule has 0 fully saturated rings. The molecule has 4 heteroatoms. The van der Waals surface area contributed by atoms with E-state index in [9.17, 15) is 8.42 Å². The third kappa shape index (κ3) is 3.20. The molecular weight excluding hydrogens is 272 g/mol. The first kappa shape index (κ1) is 14.6. The van der Waals surface area contributed by atoms with Crippen molar-refractivity contribution >= 4 is 10.1 Å². The Kier molecular flexibility index (Phi) is 4.14. The number of aryl methyl sites for hydroxylation is 1. The average Bonchev–Trinajstić information content (AvgIpc) is 2.42. The highest BCUT2D eigenvalue weighted by atomic mass is 32.2. The predicted octanol–water partition coefficient (Wildman–Crippen LogP) is 3.89. The highest BCUT2D eigenvalue weighted by molar-refractivity contribution is 7.87. The summed E-state index contributed by atoms with van der Waals surface area (Å²) < 4.78 is 29.7. The van der Waals surface area contributed by atoms with Gasteiger partial charge in [0, 0.05) is 0 Å². The molecule has 0 aliphatic rings. The molecule has 2 aromatic carbocycles. The summed E-state index contributed by atoms with van der Waals surface area (Å²) >= 11 is 0. The number of benzene rings is 2. The maximum Gasteiger partial charge on any atom is 0.339 e. The van der Waals surface area contributed by atoms with E-state index in [0.717, 1.165) is 11.1 Å². The summed E-state index contributed by atoms with van der Waals surface area (Å²) in [5.74, 6) is 0.706. The van der Waals surface area contributed by atoms with Gasteiger partial charge in [-0.3, -0.25) is 0 Å². The van der Waals surface area contributed by atoms with Gasteiger partial charge in [-0.25, -0.2) is 0 Å². The summed E-state index contributed by atoms with van der Waals surface area (Å²) in [5, 5.41) is 0. The van der Waals surface area contributed by atoms with Crippen molar-refractivity contribution in [2.45, 2.75) is 31.6 Å². The van der Waals surface area contributed by atoms with Gasteiger partial charge in [-0.2, -0.15) is 8.42 Å². The van der Waals surface area contributed by atoms with Gasteiger partial charge in [0.2, 0.25) is 0 Å². The molecule has 0 unspecified atom stereocenters. The van der Waals surface area contributed by atoms with Crippen molar-refractivity contribution < 1.29 is 12.6 Å². The monoisotopic (exact) mass is 290 g/mol. The summed E-state index contributed by atoms with van der Waals surface area (Å²) in [7, 11) is -3.78. The fourth-order valence-electron chi connectivity index (χ4n) is 1.82. The van der Waals surface area contributed by atoms with Crippen LogP contribution in [0.3, 0.4) is 0 Å². The molecule has 3 nitrogen and oxygen atoms in total. The molecule has 0 atom stereocenters. The minimum Gasteiger partial charge on any atom is -0.379 e. The van der Waals surface area contributed by atoms with E-state index in [2.05, 4.69) is 13.8 Å². The van der Waals surface area contributed by atoms with Crippen LogP contribution in [-0.4, -0.2) is 8.42 Å². The molecule has 0 aliphatic heterocycles. The number of rotatable bonds is 4. The van der Waals surface area contributed by atoms with Crippen molar-refractivity contribution in [3.8, 4) is 5.75 Å². The molecule has 0 aromatic heterocycles. The lowest BCUT2D eigenvalue weighted by Gasteiger charge is -2.12. The van der Waals surface area contributed by atoms with Gasteiger partial charge in [0.15, 0.2) is 0 Å². The van der Waals surface area contributed by atoms with Crippen LogP contribution in [0.5, 0.6) is 5.75 Å². The van der Waals surface area contributed by atoms with E-state index in [1.54, 1.807) is 24.3 Å². The van der Waals surface area contributed by atoms with E-state index >= 15 is 0 Å². The van der Waals surface area contributed by atoms with Crippen LogP contribution in [0.4, 0.5) is 0 Å². The van der Waals surface area contributed by atoms with Gasteiger partial charge in [-0.1, -0.05) is 44.2 Å². The molecule has 0 N–H and O–H groups in total. The fourth-order valence-corrected chi connectivity index (χ4v) is 2.82. The summed E-state index contributed by atoms with van der Waals surface area (Å²) in [5.41, 5.74) is 1.85. The lowest BCUT2D eigenvalue weighted by atomic mass is 10.0. The van der Waals surface area contributed by atoms with Crippen LogP contribution in [0.15, 0.2) is 53.4 Å². The zero-order valence-corrected chi connectivity index (χ0v) is 12.6. The Morgan fingerprint density at radius 3 is 2.25 bits per heavy atom. The van der Waals surface area contributed by atoms with Crippen LogP contribution in [-0.2, 0) is 10.1 Å². The zero-order chi connectivity index (χ0) is 14.8. The minimum absolute atomic E-state index is 0.161. The lowest BCUT2D eigenvalue weighted by molar-refractivity contribution is 0.483. The van der Waals surface area contributed by atoms with E-state index in [1.165, 1.54) is 12.1 Å². The van der Waals surface area contributed by atoms with E-state index in [0.29, 0.717) is 11.7 Å². The summed E-state index contributed by atoms with van der Waals surface area (Å²) in [4.78, 5) is 0.161. The molecule has 0 amide bonds. The molecule has 0 saturated carbocycles. The standard InChI is InChI=1S/C16H18O3S/c1-12(2)14-10-9-13(3)16(11-14)19-20(17,18)15-7-5-4-6-8-15/h4-12H,1-3H3. The first-order valence-corrected chi connectivity index (χ1v) is 7.91. The van der Waals surface area contributed by atoms with Gasteiger partial charge in [0.05, 0.1) is 0 Å². The van der Waals surface area contributed by atoms with Crippen LogP contribution in [0.25, 0.3) is 0 Å². The molecule has 0 radical (unpaired) electrons. The van der Waals surface area contributed by atoms with Crippen molar-refractivity contribution in [3.63, 3.8) is 0 Å². The van der Waals surface area contributed by atoms with Crippen molar-refractivity contribution in [1.82, 2.24) is 0 Å². The van der Waals surface area contributed by atoms with E-state index < -0.39 is 10.1 Å². The molecule has 2 aromatic rings. The SMILES string of the molecule is Cc1ccc(C(C)C)cc1OS(=O)(=O)c1ccccc1. The second-order valence-corrected chi connectivity index (χ2v) is 6.58. The third-order valence-electron chi connectivity index (χ3n) is 3.11. The zero-order valence-electron chi connectivity index (χ0n) is 11.8. The van der Waals surface area contributed by atoms with Crippen molar-refractivity contribution in [2.75, 3.05) is 0 Å². The Labute approximate surface area is 120 Å². The van der Waals surface area contributed by atoms with Gasteiger partial charge in [-0.15, -0.1) is 0 Å². The first-order chi connectivity index (χ1) is 9.40. The van der Waals surface area contributed by atoms with Gasteiger partial charge >= 0.3 is 10.1 Å².